The van der Waals surface area contributed by atoms with Crippen LogP contribution in [0.1, 0.15) is 37.9 Å². The molecule has 1 aliphatic heterocycles. The van der Waals surface area contributed by atoms with E-state index in [1.807, 2.05) is 20.8 Å². The van der Waals surface area contributed by atoms with Crippen LogP contribution in [0.4, 0.5) is 5.13 Å². The fourth-order valence-electron chi connectivity index (χ4n) is 3.71. The number of anilines is 1. The van der Waals surface area contributed by atoms with E-state index in [0.29, 0.717) is 34.4 Å². The van der Waals surface area contributed by atoms with Gasteiger partial charge in [-0.05, 0) is 62.7 Å². The largest absolute Gasteiger partial charge is 0.507 e. The third kappa shape index (κ3) is 4.47. The van der Waals surface area contributed by atoms with Crippen LogP contribution in [0.25, 0.3) is 5.76 Å². The Bertz CT molecular complexity index is 1170. The number of thiazole rings is 1. The molecule has 1 amide bonds. The number of aliphatic hydroxyl groups excluding tert-OH is 1. The van der Waals surface area contributed by atoms with Crippen molar-refractivity contribution in [1.82, 2.24) is 4.98 Å². The molecule has 1 N–H and O–H groups in total. The van der Waals surface area contributed by atoms with Gasteiger partial charge in [0.1, 0.15) is 17.3 Å². The lowest BCUT2D eigenvalue weighted by Crippen LogP contribution is -2.29. The number of Topliss-reactive ketones (excluding diaryl/α,β-unsaturated/α-hetero) is 1. The summed E-state index contributed by atoms with van der Waals surface area (Å²) in [6.07, 6.45) is 1.58. The van der Waals surface area contributed by atoms with Gasteiger partial charge in [-0.3, -0.25) is 14.5 Å². The smallest absolute Gasteiger partial charge is 0.301 e. The summed E-state index contributed by atoms with van der Waals surface area (Å²) in [6, 6.07) is 13.1. The molecular formula is C25H24N2O5S. The molecule has 1 fully saturated rings. The minimum atomic E-state index is -0.821. The third-order valence-corrected chi connectivity index (χ3v) is 5.85. The summed E-state index contributed by atoms with van der Waals surface area (Å²) in [5.74, 6) is -0.419. The first-order valence-corrected chi connectivity index (χ1v) is 11.5. The van der Waals surface area contributed by atoms with E-state index in [1.165, 1.54) is 16.2 Å². The van der Waals surface area contributed by atoms with Gasteiger partial charge in [0.25, 0.3) is 5.78 Å². The summed E-state index contributed by atoms with van der Waals surface area (Å²) >= 11 is 1.25. The molecule has 0 saturated carbocycles. The molecule has 0 bridgehead atoms. The zero-order chi connectivity index (χ0) is 23.5. The molecule has 0 aliphatic carbocycles. The van der Waals surface area contributed by atoms with Crippen LogP contribution >= 0.6 is 11.3 Å². The van der Waals surface area contributed by atoms with Crippen molar-refractivity contribution in [2.45, 2.75) is 32.9 Å². The van der Waals surface area contributed by atoms with Crippen molar-refractivity contribution in [3.63, 3.8) is 0 Å². The van der Waals surface area contributed by atoms with Gasteiger partial charge in [-0.25, -0.2) is 4.98 Å². The lowest BCUT2D eigenvalue weighted by Gasteiger charge is -2.23. The molecule has 1 aromatic heterocycles. The van der Waals surface area contributed by atoms with Crippen LogP contribution < -0.4 is 14.4 Å². The van der Waals surface area contributed by atoms with Gasteiger partial charge in [0.15, 0.2) is 5.13 Å². The van der Waals surface area contributed by atoms with Gasteiger partial charge < -0.3 is 14.6 Å². The molecule has 1 aliphatic rings. The maximum atomic E-state index is 13.1. The molecular weight excluding hydrogens is 440 g/mol. The third-order valence-electron chi connectivity index (χ3n) is 5.08. The van der Waals surface area contributed by atoms with E-state index in [-0.39, 0.29) is 17.4 Å². The molecule has 1 atom stereocenters. The molecule has 1 saturated heterocycles. The Hall–Kier alpha value is -3.65. The maximum Gasteiger partial charge on any atom is 0.301 e. The summed E-state index contributed by atoms with van der Waals surface area (Å²) in [4.78, 5) is 31.7. The fourth-order valence-corrected chi connectivity index (χ4v) is 4.38. The Labute approximate surface area is 195 Å². The van der Waals surface area contributed by atoms with Gasteiger partial charge in [0, 0.05) is 17.1 Å². The van der Waals surface area contributed by atoms with Crippen LogP contribution in [0.2, 0.25) is 0 Å². The van der Waals surface area contributed by atoms with Crippen molar-refractivity contribution in [2.24, 2.45) is 0 Å². The number of rotatable bonds is 7. The number of aliphatic hydroxyl groups is 1. The van der Waals surface area contributed by atoms with Crippen LogP contribution in [0.5, 0.6) is 11.5 Å². The second-order valence-electron chi connectivity index (χ2n) is 7.68. The highest BCUT2D eigenvalue weighted by Crippen LogP contribution is 2.43. The molecule has 0 unspecified atom stereocenters. The SMILES string of the molecule is CCOc1ccc([C@@H]2C(=C(O)c3ccc(OC(C)C)cc3)C(=O)C(=O)N2c2nccs2)cc1. The standard InChI is InChI=1S/C25H24N2O5S/c1-4-31-18-9-5-16(6-10-18)21-20(23(29)24(30)27(21)25-26-13-14-33-25)22(28)17-7-11-19(12-8-17)32-15(2)3/h5-15,21,28H,4H2,1-3H3/t21-/m1/s1. The fraction of sp³-hybridized carbons (Fsp3) is 0.240. The monoisotopic (exact) mass is 464 g/mol. The Morgan fingerprint density at radius 3 is 2.33 bits per heavy atom. The van der Waals surface area contributed by atoms with Crippen molar-refractivity contribution >= 4 is 33.9 Å². The average molecular weight is 465 g/mol. The molecule has 2 aromatic carbocycles. The minimum Gasteiger partial charge on any atom is -0.507 e. The lowest BCUT2D eigenvalue weighted by molar-refractivity contribution is -0.132. The number of benzene rings is 2. The summed E-state index contributed by atoms with van der Waals surface area (Å²) in [6.45, 7) is 6.26. The molecule has 2 heterocycles. The van der Waals surface area contributed by atoms with Gasteiger partial charge in [-0.15, -0.1) is 11.3 Å². The van der Waals surface area contributed by atoms with Gasteiger partial charge in [-0.2, -0.15) is 0 Å². The molecule has 3 aromatic rings. The Balaban J connectivity index is 1.81. The molecule has 7 nitrogen and oxygen atoms in total. The first kappa shape index (κ1) is 22.5. The van der Waals surface area contributed by atoms with E-state index in [1.54, 1.807) is 60.1 Å². The van der Waals surface area contributed by atoms with Crippen LogP contribution in [0, 0.1) is 0 Å². The Morgan fingerprint density at radius 1 is 1.09 bits per heavy atom. The van der Waals surface area contributed by atoms with Gasteiger partial charge in [0.2, 0.25) is 0 Å². The number of ether oxygens (including phenoxy) is 2. The minimum absolute atomic E-state index is 0.00715. The predicted molar refractivity (Wildman–Crippen MR) is 127 cm³/mol. The first-order chi connectivity index (χ1) is 15.9. The van der Waals surface area contributed by atoms with E-state index in [0.717, 1.165) is 0 Å². The van der Waals surface area contributed by atoms with E-state index in [4.69, 9.17) is 9.47 Å². The normalized spacial score (nSPS) is 17.6. The Morgan fingerprint density at radius 2 is 1.76 bits per heavy atom. The molecule has 33 heavy (non-hydrogen) atoms. The van der Waals surface area contributed by atoms with Crippen LogP contribution in [-0.4, -0.2) is 34.5 Å². The molecule has 170 valence electrons. The Kier molecular flexibility index (Phi) is 6.46. The number of hydrogen-bond acceptors (Lipinski definition) is 7. The van der Waals surface area contributed by atoms with Crippen LogP contribution in [-0.2, 0) is 9.59 Å². The van der Waals surface area contributed by atoms with Crippen molar-refractivity contribution in [1.29, 1.82) is 0 Å². The van der Waals surface area contributed by atoms with Crippen LogP contribution in [0.15, 0.2) is 65.7 Å². The van der Waals surface area contributed by atoms with E-state index >= 15 is 0 Å². The zero-order valence-corrected chi connectivity index (χ0v) is 19.3. The first-order valence-electron chi connectivity index (χ1n) is 10.6. The molecule has 4 rings (SSSR count). The second kappa shape index (κ2) is 9.46. The summed E-state index contributed by atoms with van der Waals surface area (Å²) < 4.78 is 11.2. The number of carbonyl (C=O) groups excluding carboxylic acids is 2. The zero-order valence-electron chi connectivity index (χ0n) is 18.5. The number of ketones is 1. The summed E-state index contributed by atoms with van der Waals surface area (Å²) in [5, 5.41) is 13.3. The number of carbonyl (C=O) groups is 2. The maximum absolute atomic E-state index is 13.1. The lowest BCUT2D eigenvalue weighted by atomic mass is 9.95. The van der Waals surface area contributed by atoms with Gasteiger partial charge in [0.05, 0.1) is 24.3 Å². The van der Waals surface area contributed by atoms with Gasteiger partial charge >= 0.3 is 5.91 Å². The van der Waals surface area contributed by atoms with Crippen molar-refractivity contribution < 1.29 is 24.2 Å². The van der Waals surface area contributed by atoms with E-state index in [2.05, 4.69) is 4.98 Å². The highest BCUT2D eigenvalue weighted by Gasteiger charge is 2.47. The van der Waals surface area contributed by atoms with Crippen LogP contribution in [0.3, 0.4) is 0 Å². The topological polar surface area (TPSA) is 89.0 Å². The van der Waals surface area contributed by atoms with E-state index < -0.39 is 17.7 Å². The van der Waals surface area contributed by atoms with E-state index in [9.17, 15) is 14.7 Å². The summed E-state index contributed by atoms with van der Waals surface area (Å²) in [5.41, 5.74) is 1.09. The van der Waals surface area contributed by atoms with Crippen molar-refractivity contribution in [2.75, 3.05) is 11.5 Å². The second-order valence-corrected chi connectivity index (χ2v) is 8.55. The van der Waals surface area contributed by atoms with Crippen molar-refractivity contribution in [3.05, 3.63) is 76.8 Å². The highest BCUT2D eigenvalue weighted by atomic mass is 32.1. The predicted octanol–water partition coefficient (Wildman–Crippen LogP) is 4.96. The number of hydrogen-bond donors (Lipinski definition) is 1. The molecule has 0 radical (unpaired) electrons. The highest BCUT2D eigenvalue weighted by molar-refractivity contribution is 7.14. The summed E-state index contributed by atoms with van der Waals surface area (Å²) in [7, 11) is 0. The average Bonchev–Trinajstić information content (AvgIpc) is 3.41. The van der Waals surface area contributed by atoms with Crippen molar-refractivity contribution in [3.8, 4) is 11.5 Å². The number of aromatic nitrogens is 1. The molecule has 8 heteroatoms. The molecule has 0 spiro atoms. The quantitative estimate of drug-likeness (QED) is 0.302. The number of nitrogens with zero attached hydrogens (tertiary/aromatic N) is 2. The van der Waals surface area contributed by atoms with Gasteiger partial charge in [-0.1, -0.05) is 12.1 Å². The number of amides is 1.